The van der Waals surface area contributed by atoms with Crippen LogP contribution in [-0.2, 0) is 55.8 Å². The number of halogens is 4. The Morgan fingerprint density at radius 2 is 0.699 bits per heavy atom. The maximum absolute atomic E-state index is 13.1. The lowest BCUT2D eigenvalue weighted by molar-refractivity contribution is 0.0697. The number of carboxylic acids is 1. The van der Waals surface area contributed by atoms with Gasteiger partial charge in [-0.2, -0.15) is 0 Å². The van der Waals surface area contributed by atoms with Gasteiger partial charge in [0.25, 0.3) is 0 Å². The van der Waals surface area contributed by atoms with Crippen molar-refractivity contribution >= 4 is 117 Å². The molecule has 0 saturated heterocycles. The number of sulfonamides is 3. The van der Waals surface area contributed by atoms with E-state index in [0.717, 1.165) is 115 Å². The molecule has 0 aromatic heterocycles. The SMILES string of the molecule is C=Cc1ccc(C)c(Nc2ccc(F)cc2)c1.CS(=O)(=O)Nc1ccccc1CCc1ccc(C(=O)O)c(Nc2ccc(F)cc2)c1.Cc1ccc(/C=C/c2ccccc2NS(C)(=O)=O)cc1Nc1ccc(F)cc1.Cc1ccc(CCc2ccccc2NS(C)(=O)=O)cc1Nc1ccc(F)cc1. The van der Waals surface area contributed by atoms with Crippen LogP contribution < -0.4 is 35.4 Å². The summed E-state index contributed by atoms with van der Waals surface area (Å²) >= 11 is 0. The molecule has 11 rings (SSSR count). The summed E-state index contributed by atoms with van der Waals surface area (Å²) in [6.07, 6.45) is 11.5. The third kappa shape index (κ3) is 25.9. The van der Waals surface area contributed by atoms with E-state index < -0.39 is 36.0 Å². The zero-order valence-electron chi connectivity index (χ0n) is 57.4. The quantitative estimate of drug-likeness (QED) is 0.0209. The molecule has 0 amide bonds. The minimum atomic E-state index is -3.39. The van der Waals surface area contributed by atoms with E-state index in [1.807, 2.05) is 118 Å². The number of benzene rings is 11. The molecule has 11 aromatic rings. The molecule has 103 heavy (non-hydrogen) atoms. The monoisotopic (exact) mass is 1450 g/mol. The molecule has 15 nitrogen and oxygen atoms in total. The molecule has 0 aliphatic rings. The Morgan fingerprint density at radius 1 is 0.369 bits per heavy atom. The second-order valence-electron chi connectivity index (χ2n) is 24.1. The van der Waals surface area contributed by atoms with Crippen molar-refractivity contribution < 1.29 is 52.7 Å². The molecular weight excluding hydrogens is 1370 g/mol. The molecule has 0 bridgehead atoms. The third-order valence-corrected chi connectivity index (χ3v) is 17.3. The number of rotatable bonds is 24. The molecule has 22 heteroatoms. The minimum Gasteiger partial charge on any atom is -0.478 e. The summed E-state index contributed by atoms with van der Waals surface area (Å²) in [6.45, 7) is 9.78. The zero-order chi connectivity index (χ0) is 74.3. The largest absolute Gasteiger partial charge is 0.478 e. The van der Waals surface area contributed by atoms with Gasteiger partial charge in [0.15, 0.2) is 0 Å². The van der Waals surface area contributed by atoms with Gasteiger partial charge in [-0.25, -0.2) is 47.6 Å². The van der Waals surface area contributed by atoms with Gasteiger partial charge in [0.2, 0.25) is 30.1 Å². The van der Waals surface area contributed by atoms with Gasteiger partial charge in [-0.1, -0.05) is 122 Å². The molecule has 532 valence electrons. The van der Waals surface area contributed by atoms with Crippen LogP contribution in [0.15, 0.2) is 249 Å². The zero-order valence-corrected chi connectivity index (χ0v) is 59.9. The van der Waals surface area contributed by atoms with Gasteiger partial charge in [-0.3, -0.25) is 14.2 Å². The highest BCUT2D eigenvalue weighted by atomic mass is 32.2. The molecule has 0 fully saturated rings. The average Bonchev–Trinajstić information content (AvgIpc) is 0.826. The van der Waals surface area contributed by atoms with Crippen molar-refractivity contribution in [2.45, 2.75) is 46.5 Å². The van der Waals surface area contributed by atoms with Crippen molar-refractivity contribution in [3.8, 4) is 0 Å². The normalized spacial score (nSPS) is 11.1. The van der Waals surface area contributed by atoms with Crippen LogP contribution in [0.1, 0.15) is 66.0 Å². The Bertz CT molecular complexity index is 5130. The van der Waals surface area contributed by atoms with E-state index in [4.69, 9.17) is 0 Å². The van der Waals surface area contributed by atoms with E-state index in [-0.39, 0.29) is 28.8 Å². The Labute approximate surface area is 600 Å². The number of aromatic carboxylic acids is 1. The number of aryl methyl sites for hydroxylation is 7. The molecule has 0 atom stereocenters. The summed E-state index contributed by atoms with van der Waals surface area (Å²) in [6, 6.07) is 69.3. The molecule has 8 N–H and O–H groups in total. The fourth-order valence-corrected chi connectivity index (χ4v) is 12.1. The summed E-state index contributed by atoms with van der Waals surface area (Å²) in [5.74, 6) is -2.23. The Morgan fingerprint density at radius 3 is 1.11 bits per heavy atom. The first kappa shape index (κ1) is 77.3. The number of para-hydroxylation sites is 3. The summed E-state index contributed by atoms with van der Waals surface area (Å²) in [4.78, 5) is 11.6. The Kier molecular flexibility index (Phi) is 27.2. The summed E-state index contributed by atoms with van der Waals surface area (Å²) in [7, 11) is -10.1. The minimum absolute atomic E-state index is 0.0993. The van der Waals surface area contributed by atoms with Crippen LogP contribution in [0.2, 0.25) is 0 Å². The van der Waals surface area contributed by atoms with Crippen molar-refractivity contribution in [1.29, 1.82) is 0 Å². The lowest BCUT2D eigenvalue weighted by atomic mass is 10.0. The van der Waals surface area contributed by atoms with E-state index in [1.165, 1.54) is 66.7 Å². The number of carbonyl (C=O) groups is 1. The Balaban J connectivity index is 0.000000177. The second-order valence-corrected chi connectivity index (χ2v) is 29.3. The number of nitrogens with one attached hydrogen (secondary N) is 7. The molecular formula is C81H79F4N7O8S3. The van der Waals surface area contributed by atoms with E-state index in [0.29, 0.717) is 47.7 Å². The van der Waals surface area contributed by atoms with Gasteiger partial charge < -0.3 is 26.4 Å². The van der Waals surface area contributed by atoms with Crippen molar-refractivity contribution in [3.05, 3.63) is 334 Å². The third-order valence-electron chi connectivity index (χ3n) is 15.6. The van der Waals surface area contributed by atoms with Crippen molar-refractivity contribution in [1.82, 2.24) is 0 Å². The van der Waals surface area contributed by atoms with Crippen LogP contribution in [0.3, 0.4) is 0 Å². The highest BCUT2D eigenvalue weighted by Crippen LogP contribution is 2.30. The van der Waals surface area contributed by atoms with Crippen molar-refractivity contribution in [2.24, 2.45) is 0 Å². The number of anilines is 11. The topological polar surface area (TPSA) is 224 Å². The number of hydrogen-bond acceptors (Lipinski definition) is 11. The van der Waals surface area contributed by atoms with Crippen molar-refractivity contribution in [3.63, 3.8) is 0 Å². The molecule has 0 saturated carbocycles. The standard InChI is InChI=1S/C22H21FN2O4S.C22H23FN2O2S.C22H21FN2O2S.C15H14FN/c1-30(28,29)25-20-5-3-2-4-16(20)8-6-15-7-13-19(22(26)27)21(14-15)24-18-11-9-17(23)10-12-18;2*1-16-7-8-17(15-22(16)24-20-13-11-19(23)12-14-20)9-10-18-5-3-4-6-21(18)25-28(2,26)27;1-3-12-5-4-11(2)15(10-12)17-14-8-6-13(16)7-9-14/h2-5,7,9-14,24-25H,6,8H2,1H3,(H,26,27);3-8,11-15,24-25H,9-10H2,1-2H3;3-15,24-25H,1-2H3;3-10,17H,1H2,2H3/b;;10-9+;. The van der Waals surface area contributed by atoms with E-state index >= 15 is 0 Å². The first-order valence-corrected chi connectivity index (χ1v) is 37.9. The molecule has 0 aliphatic heterocycles. The summed E-state index contributed by atoms with van der Waals surface area (Å²) in [5, 5.41) is 22.4. The van der Waals surface area contributed by atoms with E-state index in [1.54, 1.807) is 84.9 Å². The molecule has 0 unspecified atom stereocenters. The molecule has 11 aromatic carbocycles. The van der Waals surface area contributed by atoms with Gasteiger partial charge in [-0.15, -0.1) is 0 Å². The van der Waals surface area contributed by atoms with Gasteiger partial charge in [0, 0.05) is 39.8 Å². The first-order chi connectivity index (χ1) is 49.0. The fourth-order valence-electron chi connectivity index (χ4n) is 10.3. The van der Waals surface area contributed by atoms with E-state index in [2.05, 4.69) is 54.1 Å². The summed E-state index contributed by atoms with van der Waals surface area (Å²) in [5.41, 5.74) is 17.9. The first-order valence-electron chi connectivity index (χ1n) is 32.3. The molecule has 0 heterocycles. The van der Waals surface area contributed by atoms with Gasteiger partial charge in [0.1, 0.15) is 23.3 Å². The highest BCUT2D eigenvalue weighted by Gasteiger charge is 2.15. The predicted molar refractivity (Wildman–Crippen MR) is 414 cm³/mol. The number of hydrogen-bond donors (Lipinski definition) is 8. The lowest BCUT2D eigenvalue weighted by Gasteiger charge is -2.13. The van der Waals surface area contributed by atoms with Crippen LogP contribution in [0.5, 0.6) is 0 Å². The molecule has 0 radical (unpaired) electrons. The van der Waals surface area contributed by atoms with Gasteiger partial charge >= 0.3 is 5.97 Å². The fraction of sp³-hybridized carbons (Fsp3) is 0.123. The lowest BCUT2D eigenvalue weighted by Crippen LogP contribution is -2.11. The van der Waals surface area contributed by atoms with Crippen molar-refractivity contribution in [2.75, 3.05) is 54.2 Å². The van der Waals surface area contributed by atoms with Crippen LogP contribution in [0.25, 0.3) is 18.2 Å². The summed E-state index contributed by atoms with van der Waals surface area (Å²) < 4.78 is 129. The number of carboxylic acid groups (broad SMARTS) is 1. The van der Waals surface area contributed by atoms with E-state index in [9.17, 15) is 52.7 Å². The highest BCUT2D eigenvalue weighted by molar-refractivity contribution is 7.92. The predicted octanol–water partition coefficient (Wildman–Crippen LogP) is 19.4. The van der Waals surface area contributed by atoms with Gasteiger partial charge in [-0.05, 0) is 248 Å². The van der Waals surface area contributed by atoms with Gasteiger partial charge in [0.05, 0.1) is 47.1 Å². The van der Waals surface area contributed by atoms with Crippen LogP contribution >= 0.6 is 0 Å². The second kappa shape index (κ2) is 36.2. The molecule has 0 spiro atoms. The Hall–Kier alpha value is -11.5. The smallest absolute Gasteiger partial charge is 0.337 e. The maximum atomic E-state index is 13.1. The van der Waals surface area contributed by atoms with Crippen LogP contribution in [0, 0.1) is 44.0 Å². The van der Waals surface area contributed by atoms with Crippen LogP contribution in [0.4, 0.5) is 80.1 Å². The average molecular weight is 1450 g/mol. The van der Waals surface area contributed by atoms with Crippen LogP contribution in [-0.4, -0.2) is 55.1 Å². The molecule has 0 aliphatic carbocycles. The maximum Gasteiger partial charge on any atom is 0.337 e.